The summed E-state index contributed by atoms with van der Waals surface area (Å²) in [6, 6.07) is 1.88. The minimum atomic E-state index is 0.357. The van der Waals surface area contributed by atoms with Gasteiger partial charge in [0.25, 0.3) is 0 Å². The molecule has 0 saturated heterocycles. The Labute approximate surface area is 65.9 Å². The van der Waals surface area contributed by atoms with Gasteiger partial charge in [0.1, 0.15) is 9.77 Å². The van der Waals surface area contributed by atoms with Gasteiger partial charge in [-0.3, -0.25) is 0 Å². The van der Waals surface area contributed by atoms with Crippen LogP contribution in [0, 0.1) is 15.0 Å². The Morgan fingerprint density at radius 2 is 2.22 bits per heavy atom. The molecule has 0 amide bonds. The molecule has 1 aromatic heterocycles. The molecular weight excluding hydrogens is 229 g/mol. The van der Waals surface area contributed by atoms with E-state index in [9.17, 15) is 0 Å². The Bertz CT molecular complexity index is 235. The molecule has 0 aromatic carbocycles. The van der Waals surface area contributed by atoms with E-state index in [1.807, 2.05) is 28.7 Å². The predicted octanol–water partition coefficient (Wildman–Crippen LogP) is 0.953. The Morgan fingerprint density at radius 3 is 2.67 bits per heavy atom. The average Bonchev–Trinajstić information content (AvgIpc) is 1.90. The zero-order valence-corrected chi connectivity index (χ0v) is 6.53. The smallest absolute Gasteiger partial charge is 0.158 e. The van der Waals surface area contributed by atoms with Crippen LogP contribution in [0.25, 0.3) is 0 Å². The third-order valence-electron chi connectivity index (χ3n) is 0.735. The molecule has 0 fully saturated rings. The molecule has 0 atom stereocenters. The van der Waals surface area contributed by atoms with Crippen molar-refractivity contribution in [3.63, 3.8) is 0 Å². The standard InChI is InChI=1S/C5H2IN3/c6-5-3-8-4(1-7)2-9-5/h2-3H. The molecule has 0 bridgehead atoms. The first kappa shape index (κ1) is 6.42. The lowest BCUT2D eigenvalue weighted by molar-refractivity contribution is 1.13. The number of halogens is 1. The van der Waals surface area contributed by atoms with Crippen LogP contribution in [0.3, 0.4) is 0 Å². The van der Waals surface area contributed by atoms with Crippen LogP contribution in [-0.2, 0) is 0 Å². The molecule has 1 rings (SSSR count). The lowest BCUT2D eigenvalue weighted by atomic mass is 10.5. The lowest BCUT2D eigenvalue weighted by Gasteiger charge is -1.85. The minimum Gasteiger partial charge on any atom is -0.246 e. The first-order valence-corrected chi connectivity index (χ1v) is 3.28. The molecule has 0 aliphatic heterocycles. The average molecular weight is 231 g/mol. The van der Waals surface area contributed by atoms with Gasteiger partial charge in [-0.25, -0.2) is 9.97 Å². The first-order chi connectivity index (χ1) is 4.33. The quantitative estimate of drug-likeness (QED) is 0.624. The number of nitrogens with zero attached hydrogens (tertiary/aromatic N) is 3. The highest BCUT2D eigenvalue weighted by Crippen LogP contribution is 1.96. The van der Waals surface area contributed by atoms with Crippen LogP contribution in [0.5, 0.6) is 0 Å². The van der Waals surface area contributed by atoms with E-state index < -0.39 is 0 Å². The number of hydrogen-bond acceptors (Lipinski definition) is 3. The molecular formula is C5H2IN3. The molecule has 0 aliphatic rings. The van der Waals surface area contributed by atoms with E-state index in [1.54, 1.807) is 6.20 Å². The normalized spacial score (nSPS) is 8.44. The van der Waals surface area contributed by atoms with Crippen LogP contribution in [0.1, 0.15) is 5.69 Å². The van der Waals surface area contributed by atoms with Crippen LogP contribution in [0.15, 0.2) is 12.4 Å². The summed E-state index contributed by atoms with van der Waals surface area (Å²) in [6.07, 6.45) is 3.00. The van der Waals surface area contributed by atoms with Crippen molar-refractivity contribution in [2.24, 2.45) is 0 Å². The van der Waals surface area contributed by atoms with Gasteiger partial charge in [-0.05, 0) is 22.6 Å². The molecule has 0 saturated carbocycles. The van der Waals surface area contributed by atoms with Crippen molar-refractivity contribution < 1.29 is 0 Å². The first-order valence-electron chi connectivity index (χ1n) is 2.20. The van der Waals surface area contributed by atoms with E-state index >= 15 is 0 Å². The van der Waals surface area contributed by atoms with Crippen molar-refractivity contribution in [1.82, 2.24) is 9.97 Å². The third kappa shape index (κ3) is 1.61. The highest BCUT2D eigenvalue weighted by molar-refractivity contribution is 14.1. The van der Waals surface area contributed by atoms with Crippen molar-refractivity contribution in [1.29, 1.82) is 5.26 Å². The summed E-state index contributed by atoms with van der Waals surface area (Å²) in [7, 11) is 0. The predicted molar refractivity (Wildman–Crippen MR) is 39.5 cm³/mol. The Kier molecular flexibility index (Phi) is 1.95. The second-order valence-corrected chi connectivity index (χ2v) is 2.44. The van der Waals surface area contributed by atoms with Crippen molar-refractivity contribution in [3.05, 3.63) is 21.8 Å². The molecule has 1 aromatic rings. The summed E-state index contributed by atoms with van der Waals surface area (Å²) in [5.74, 6) is 0. The van der Waals surface area contributed by atoms with Crippen LogP contribution in [0.2, 0.25) is 0 Å². The van der Waals surface area contributed by atoms with Crippen molar-refractivity contribution in [2.75, 3.05) is 0 Å². The van der Waals surface area contributed by atoms with Gasteiger partial charge in [-0.15, -0.1) is 0 Å². The van der Waals surface area contributed by atoms with Gasteiger partial charge in [0.2, 0.25) is 0 Å². The van der Waals surface area contributed by atoms with E-state index in [4.69, 9.17) is 5.26 Å². The topological polar surface area (TPSA) is 49.6 Å². The monoisotopic (exact) mass is 231 g/mol. The Morgan fingerprint density at radius 1 is 1.44 bits per heavy atom. The maximum atomic E-state index is 8.27. The Hall–Kier alpha value is -0.700. The van der Waals surface area contributed by atoms with Crippen LogP contribution in [0.4, 0.5) is 0 Å². The number of hydrogen-bond donors (Lipinski definition) is 0. The summed E-state index contributed by atoms with van der Waals surface area (Å²) < 4.78 is 0.798. The zero-order valence-electron chi connectivity index (χ0n) is 4.37. The van der Waals surface area contributed by atoms with Crippen molar-refractivity contribution in [2.45, 2.75) is 0 Å². The molecule has 0 N–H and O–H groups in total. The largest absolute Gasteiger partial charge is 0.246 e. The van der Waals surface area contributed by atoms with Crippen molar-refractivity contribution in [3.8, 4) is 6.07 Å². The van der Waals surface area contributed by atoms with E-state index in [0.29, 0.717) is 5.69 Å². The van der Waals surface area contributed by atoms with E-state index in [2.05, 4.69) is 9.97 Å². The highest BCUT2D eigenvalue weighted by Gasteiger charge is 1.89. The fourth-order valence-electron chi connectivity index (χ4n) is 0.370. The lowest BCUT2D eigenvalue weighted by Crippen LogP contribution is -1.85. The van der Waals surface area contributed by atoms with Crippen LogP contribution < -0.4 is 0 Å². The molecule has 0 unspecified atom stereocenters. The second-order valence-electron chi connectivity index (χ2n) is 1.34. The van der Waals surface area contributed by atoms with Gasteiger partial charge in [0.15, 0.2) is 5.69 Å². The number of rotatable bonds is 0. The molecule has 44 valence electrons. The molecule has 1 heterocycles. The number of nitriles is 1. The fraction of sp³-hybridized carbons (Fsp3) is 0. The van der Waals surface area contributed by atoms with Crippen LogP contribution >= 0.6 is 22.6 Å². The summed E-state index contributed by atoms with van der Waals surface area (Å²) in [4.78, 5) is 7.62. The zero-order chi connectivity index (χ0) is 6.69. The van der Waals surface area contributed by atoms with Gasteiger partial charge < -0.3 is 0 Å². The van der Waals surface area contributed by atoms with E-state index in [-0.39, 0.29) is 0 Å². The van der Waals surface area contributed by atoms with Gasteiger partial charge in [-0.2, -0.15) is 5.26 Å². The maximum absolute atomic E-state index is 8.27. The van der Waals surface area contributed by atoms with Gasteiger partial charge >= 0.3 is 0 Å². The molecule has 0 spiro atoms. The summed E-state index contributed by atoms with van der Waals surface area (Å²) >= 11 is 2.03. The third-order valence-corrected chi connectivity index (χ3v) is 1.29. The van der Waals surface area contributed by atoms with E-state index in [0.717, 1.165) is 3.70 Å². The molecule has 0 radical (unpaired) electrons. The highest BCUT2D eigenvalue weighted by atomic mass is 127. The van der Waals surface area contributed by atoms with Crippen LogP contribution in [-0.4, -0.2) is 9.97 Å². The molecule has 9 heavy (non-hydrogen) atoms. The molecule has 4 heteroatoms. The summed E-state index contributed by atoms with van der Waals surface area (Å²) in [5, 5.41) is 8.27. The SMILES string of the molecule is N#Cc1cnc(I)cn1. The van der Waals surface area contributed by atoms with Gasteiger partial charge in [0, 0.05) is 0 Å². The number of aromatic nitrogens is 2. The summed E-state index contributed by atoms with van der Waals surface area (Å²) in [5.41, 5.74) is 0.357. The van der Waals surface area contributed by atoms with E-state index in [1.165, 1.54) is 6.20 Å². The fourth-order valence-corrected chi connectivity index (χ4v) is 0.649. The van der Waals surface area contributed by atoms with Crippen molar-refractivity contribution >= 4 is 22.6 Å². The second kappa shape index (κ2) is 2.73. The molecule has 3 nitrogen and oxygen atoms in total. The van der Waals surface area contributed by atoms with Gasteiger partial charge in [-0.1, -0.05) is 0 Å². The van der Waals surface area contributed by atoms with Gasteiger partial charge in [0.05, 0.1) is 12.4 Å². The Balaban J connectivity index is 3.06. The minimum absolute atomic E-state index is 0.357. The molecule has 0 aliphatic carbocycles. The maximum Gasteiger partial charge on any atom is 0.158 e. The summed E-state index contributed by atoms with van der Waals surface area (Å²) in [6.45, 7) is 0.